The molecule has 0 amide bonds. The lowest BCUT2D eigenvalue weighted by Gasteiger charge is -2.01. The number of benzene rings is 1. The van der Waals surface area contributed by atoms with Gasteiger partial charge in [0.15, 0.2) is 5.78 Å². The van der Waals surface area contributed by atoms with Crippen LogP contribution < -0.4 is 11.5 Å². The van der Waals surface area contributed by atoms with E-state index >= 15 is 0 Å². The van der Waals surface area contributed by atoms with Gasteiger partial charge in [0.2, 0.25) is 0 Å². The zero-order valence-corrected chi connectivity index (χ0v) is 8.10. The quantitative estimate of drug-likeness (QED) is 0.560. The molecule has 0 saturated carbocycles. The Bertz CT molecular complexity index is 522. The Balaban J connectivity index is 2.57. The fraction of sp³-hybridized carbons (Fsp3) is 0.0909. The molecule has 1 aromatic carbocycles. The standard InChI is InChI=1S/C11H11N3O/c12-5-11(15)8-3-7-1-2-9(13)4-10(7)14-6-8/h1-4,6H,5,12-13H2. The molecule has 0 aliphatic carbocycles. The molecule has 2 rings (SSSR count). The van der Waals surface area contributed by atoms with Gasteiger partial charge in [0.1, 0.15) is 0 Å². The molecule has 0 saturated heterocycles. The number of hydrogen-bond donors (Lipinski definition) is 2. The summed E-state index contributed by atoms with van der Waals surface area (Å²) in [5, 5.41) is 0.892. The van der Waals surface area contributed by atoms with Crippen LogP contribution in [0.15, 0.2) is 30.5 Å². The summed E-state index contributed by atoms with van der Waals surface area (Å²) in [6.07, 6.45) is 1.52. The van der Waals surface area contributed by atoms with Crippen LogP contribution in [0.3, 0.4) is 0 Å². The van der Waals surface area contributed by atoms with E-state index in [0.29, 0.717) is 11.3 Å². The first-order valence-electron chi connectivity index (χ1n) is 4.59. The van der Waals surface area contributed by atoms with Crippen LogP contribution in [0, 0.1) is 0 Å². The minimum absolute atomic E-state index is 0.00214. The summed E-state index contributed by atoms with van der Waals surface area (Å²) < 4.78 is 0. The summed E-state index contributed by atoms with van der Waals surface area (Å²) in [5.41, 5.74) is 12.9. The molecule has 2 aromatic rings. The number of Topliss-reactive ketones (excluding diaryl/α,β-unsaturated/α-hetero) is 1. The smallest absolute Gasteiger partial charge is 0.177 e. The first kappa shape index (κ1) is 9.61. The number of nitrogens with zero attached hydrogens (tertiary/aromatic N) is 1. The summed E-state index contributed by atoms with van der Waals surface area (Å²) in [4.78, 5) is 15.5. The second-order valence-corrected chi connectivity index (χ2v) is 3.30. The molecule has 0 fully saturated rings. The SMILES string of the molecule is NCC(=O)c1cnc2cc(N)ccc2c1. The Morgan fingerprint density at radius 2 is 2.13 bits per heavy atom. The molecule has 1 aromatic heterocycles. The minimum Gasteiger partial charge on any atom is -0.399 e. The third-order valence-electron chi connectivity index (χ3n) is 2.22. The van der Waals surface area contributed by atoms with Crippen molar-refractivity contribution >= 4 is 22.4 Å². The highest BCUT2D eigenvalue weighted by Gasteiger charge is 2.04. The Morgan fingerprint density at radius 1 is 1.33 bits per heavy atom. The van der Waals surface area contributed by atoms with Gasteiger partial charge in [-0.2, -0.15) is 0 Å². The van der Waals surface area contributed by atoms with Gasteiger partial charge >= 0.3 is 0 Å². The van der Waals surface area contributed by atoms with Gasteiger partial charge in [-0.15, -0.1) is 0 Å². The highest BCUT2D eigenvalue weighted by molar-refractivity contribution is 6.00. The molecule has 1 heterocycles. The average Bonchev–Trinajstić information content (AvgIpc) is 2.27. The fourth-order valence-corrected chi connectivity index (χ4v) is 1.41. The highest BCUT2D eigenvalue weighted by Crippen LogP contribution is 2.16. The second kappa shape index (κ2) is 3.67. The minimum atomic E-state index is -0.110. The van der Waals surface area contributed by atoms with Gasteiger partial charge in [-0.05, 0) is 18.2 Å². The van der Waals surface area contributed by atoms with Gasteiger partial charge in [0, 0.05) is 22.8 Å². The number of hydrogen-bond acceptors (Lipinski definition) is 4. The summed E-state index contributed by atoms with van der Waals surface area (Å²) >= 11 is 0. The lowest BCUT2D eigenvalue weighted by molar-refractivity contribution is 0.100. The van der Waals surface area contributed by atoms with Crippen molar-refractivity contribution in [2.75, 3.05) is 12.3 Å². The molecule has 15 heavy (non-hydrogen) atoms. The first-order valence-corrected chi connectivity index (χ1v) is 4.59. The number of fused-ring (bicyclic) bond motifs is 1. The molecule has 76 valence electrons. The van der Waals surface area contributed by atoms with Crippen LogP contribution in [0.5, 0.6) is 0 Å². The van der Waals surface area contributed by atoms with E-state index in [2.05, 4.69) is 4.98 Å². The molecule has 0 spiro atoms. The molecule has 0 bridgehead atoms. The predicted octanol–water partition coefficient (Wildman–Crippen LogP) is 0.958. The lowest BCUT2D eigenvalue weighted by atomic mass is 10.1. The Labute approximate surface area is 86.9 Å². The molecular formula is C11H11N3O. The number of aromatic nitrogens is 1. The summed E-state index contributed by atoms with van der Waals surface area (Å²) in [5.74, 6) is -0.110. The number of carbonyl (C=O) groups is 1. The van der Waals surface area contributed by atoms with Crippen LogP contribution in [-0.2, 0) is 0 Å². The maximum absolute atomic E-state index is 11.3. The molecule has 0 unspecified atom stereocenters. The maximum Gasteiger partial charge on any atom is 0.177 e. The zero-order chi connectivity index (χ0) is 10.8. The summed E-state index contributed by atoms with van der Waals surface area (Å²) in [6.45, 7) is 0.00214. The number of nitrogen functional groups attached to an aromatic ring is 1. The normalized spacial score (nSPS) is 10.5. The van der Waals surface area contributed by atoms with Crippen molar-refractivity contribution in [1.82, 2.24) is 4.98 Å². The van der Waals surface area contributed by atoms with Crippen LogP contribution in [0.4, 0.5) is 5.69 Å². The van der Waals surface area contributed by atoms with Gasteiger partial charge in [-0.1, -0.05) is 6.07 Å². The van der Waals surface area contributed by atoms with Crippen molar-refractivity contribution in [3.8, 4) is 0 Å². The van der Waals surface area contributed by atoms with Crippen molar-refractivity contribution < 1.29 is 4.79 Å². The molecule has 0 radical (unpaired) electrons. The van der Waals surface area contributed by atoms with Gasteiger partial charge in [-0.3, -0.25) is 9.78 Å². The molecule has 4 N–H and O–H groups in total. The van der Waals surface area contributed by atoms with Gasteiger partial charge in [0.05, 0.1) is 12.1 Å². The maximum atomic E-state index is 11.3. The van der Waals surface area contributed by atoms with Crippen LogP contribution >= 0.6 is 0 Å². The Kier molecular flexibility index (Phi) is 2.35. The Morgan fingerprint density at radius 3 is 2.87 bits per heavy atom. The van der Waals surface area contributed by atoms with E-state index in [1.165, 1.54) is 6.20 Å². The van der Waals surface area contributed by atoms with Gasteiger partial charge < -0.3 is 11.5 Å². The van der Waals surface area contributed by atoms with Crippen LogP contribution in [0.2, 0.25) is 0 Å². The van der Waals surface area contributed by atoms with E-state index in [4.69, 9.17) is 11.5 Å². The fourth-order valence-electron chi connectivity index (χ4n) is 1.41. The van der Waals surface area contributed by atoms with Crippen LogP contribution in [0.25, 0.3) is 10.9 Å². The number of anilines is 1. The predicted molar refractivity (Wildman–Crippen MR) is 59.5 cm³/mol. The number of ketones is 1. The number of nitrogens with two attached hydrogens (primary N) is 2. The van der Waals surface area contributed by atoms with Gasteiger partial charge in [0.25, 0.3) is 0 Å². The van der Waals surface area contributed by atoms with Gasteiger partial charge in [-0.25, -0.2) is 0 Å². The first-order chi connectivity index (χ1) is 7.20. The molecule has 4 nitrogen and oxygen atoms in total. The number of carbonyl (C=O) groups excluding carboxylic acids is 1. The second-order valence-electron chi connectivity index (χ2n) is 3.30. The van der Waals surface area contributed by atoms with E-state index in [1.54, 1.807) is 18.2 Å². The number of pyridine rings is 1. The largest absolute Gasteiger partial charge is 0.399 e. The topological polar surface area (TPSA) is 82.0 Å². The molecule has 0 atom stereocenters. The monoisotopic (exact) mass is 201 g/mol. The summed E-state index contributed by atoms with van der Waals surface area (Å²) in [7, 11) is 0. The van der Waals surface area contributed by atoms with Crippen molar-refractivity contribution in [2.24, 2.45) is 5.73 Å². The zero-order valence-electron chi connectivity index (χ0n) is 8.10. The third-order valence-corrected chi connectivity index (χ3v) is 2.22. The molecule has 4 heteroatoms. The van der Waals surface area contributed by atoms with E-state index < -0.39 is 0 Å². The highest BCUT2D eigenvalue weighted by atomic mass is 16.1. The van der Waals surface area contributed by atoms with E-state index in [9.17, 15) is 4.79 Å². The van der Waals surface area contributed by atoms with Crippen molar-refractivity contribution in [3.05, 3.63) is 36.0 Å². The van der Waals surface area contributed by atoms with E-state index in [-0.39, 0.29) is 12.3 Å². The Hall–Kier alpha value is -1.94. The molecule has 0 aliphatic heterocycles. The third kappa shape index (κ3) is 1.80. The van der Waals surface area contributed by atoms with Crippen molar-refractivity contribution in [2.45, 2.75) is 0 Å². The van der Waals surface area contributed by atoms with E-state index in [1.807, 2.05) is 6.07 Å². The van der Waals surface area contributed by atoms with E-state index in [0.717, 1.165) is 10.9 Å². The van der Waals surface area contributed by atoms with Crippen LogP contribution in [-0.4, -0.2) is 17.3 Å². The van der Waals surface area contributed by atoms with Crippen molar-refractivity contribution in [1.29, 1.82) is 0 Å². The molecule has 0 aliphatic rings. The van der Waals surface area contributed by atoms with Crippen molar-refractivity contribution in [3.63, 3.8) is 0 Å². The molecular weight excluding hydrogens is 190 g/mol. The number of rotatable bonds is 2. The lowest BCUT2D eigenvalue weighted by Crippen LogP contribution is -2.13. The average molecular weight is 201 g/mol. The van der Waals surface area contributed by atoms with Crippen LogP contribution in [0.1, 0.15) is 10.4 Å². The summed E-state index contributed by atoms with van der Waals surface area (Å²) in [6, 6.07) is 7.16.